The van der Waals surface area contributed by atoms with Crippen molar-refractivity contribution in [3.63, 3.8) is 0 Å². The van der Waals surface area contributed by atoms with Crippen molar-refractivity contribution in [2.45, 2.75) is 43.5 Å². The minimum absolute atomic E-state index is 0.00471. The highest BCUT2D eigenvalue weighted by molar-refractivity contribution is 7.90. The minimum atomic E-state index is -4.02. The molecule has 0 aliphatic heterocycles. The van der Waals surface area contributed by atoms with Crippen molar-refractivity contribution < 1.29 is 22.7 Å². The van der Waals surface area contributed by atoms with E-state index in [1.165, 1.54) is 44.2 Å². The maximum Gasteiger partial charge on any atom is 0.265 e. The molecule has 1 fully saturated rings. The summed E-state index contributed by atoms with van der Waals surface area (Å²) >= 11 is 0. The summed E-state index contributed by atoms with van der Waals surface area (Å²) in [7, 11) is -2.54. The van der Waals surface area contributed by atoms with Crippen LogP contribution in [0.4, 0.5) is 5.69 Å². The molecule has 10 nitrogen and oxygen atoms in total. The van der Waals surface area contributed by atoms with E-state index in [-0.39, 0.29) is 22.9 Å². The topological polar surface area (TPSA) is 132 Å². The van der Waals surface area contributed by atoms with Gasteiger partial charge in [-0.1, -0.05) is 42.3 Å². The number of methoxy groups -OCH3 is 1. The normalized spacial score (nSPS) is 13.9. The van der Waals surface area contributed by atoms with E-state index in [1.807, 2.05) is 18.2 Å². The van der Waals surface area contributed by atoms with Crippen LogP contribution in [-0.4, -0.2) is 42.3 Å². The molecule has 202 valence electrons. The van der Waals surface area contributed by atoms with E-state index in [2.05, 4.69) is 20.4 Å². The first-order valence-electron chi connectivity index (χ1n) is 12.7. The summed E-state index contributed by atoms with van der Waals surface area (Å²) in [6.07, 6.45) is 5.12. The zero-order valence-corrected chi connectivity index (χ0v) is 22.3. The Labute approximate surface area is 226 Å². The largest absolute Gasteiger partial charge is 0.496 e. The predicted molar refractivity (Wildman–Crippen MR) is 146 cm³/mol. The lowest BCUT2D eigenvalue weighted by atomic mass is 10.0. The molecule has 4 aromatic rings. The molecule has 1 heterocycles. The fourth-order valence-corrected chi connectivity index (χ4v) is 5.86. The van der Waals surface area contributed by atoms with Crippen LogP contribution >= 0.6 is 0 Å². The van der Waals surface area contributed by atoms with E-state index in [9.17, 15) is 18.0 Å². The number of carbonyl (C=O) groups excluding carboxylic acids is 2. The molecule has 39 heavy (non-hydrogen) atoms. The first-order chi connectivity index (χ1) is 18.8. The molecule has 5 rings (SSSR count). The van der Waals surface area contributed by atoms with Crippen molar-refractivity contribution in [2.75, 3.05) is 12.4 Å². The number of hydrogen-bond acceptors (Lipinski definition) is 7. The average molecular weight is 548 g/mol. The van der Waals surface area contributed by atoms with Gasteiger partial charge in [-0.25, -0.2) is 17.8 Å². The van der Waals surface area contributed by atoms with E-state index in [0.717, 1.165) is 18.4 Å². The number of fused-ring (bicyclic) bond motifs is 1. The van der Waals surface area contributed by atoms with Gasteiger partial charge in [0, 0.05) is 23.2 Å². The lowest BCUT2D eigenvalue weighted by Gasteiger charge is -2.12. The maximum absolute atomic E-state index is 12.7. The number of nitrogens with zero attached hydrogens (tertiary/aromatic N) is 3. The Bertz CT molecular complexity index is 1610. The summed E-state index contributed by atoms with van der Waals surface area (Å²) in [6.45, 7) is 0.281. The number of sulfonamides is 1. The first-order valence-corrected chi connectivity index (χ1v) is 14.2. The van der Waals surface area contributed by atoms with Gasteiger partial charge in [0.05, 0.1) is 24.1 Å². The van der Waals surface area contributed by atoms with Crippen LogP contribution in [0.2, 0.25) is 0 Å². The lowest BCUT2D eigenvalue weighted by molar-refractivity contribution is -0.117. The molecule has 1 saturated carbocycles. The Morgan fingerprint density at radius 1 is 1.03 bits per heavy atom. The van der Waals surface area contributed by atoms with Gasteiger partial charge in [-0.2, -0.15) is 0 Å². The number of ether oxygens (including phenoxy) is 1. The van der Waals surface area contributed by atoms with Crippen molar-refractivity contribution >= 4 is 38.6 Å². The molecule has 2 N–H and O–H groups in total. The van der Waals surface area contributed by atoms with Crippen molar-refractivity contribution in [1.82, 2.24) is 19.7 Å². The van der Waals surface area contributed by atoms with Crippen LogP contribution in [0.3, 0.4) is 0 Å². The number of aromatic nitrogens is 3. The third-order valence-corrected chi connectivity index (χ3v) is 8.24. The minimum Gasteiger partial charge on any atom is -0.496 e. The van der Waals surface area contributed by atoms with E-state index >= 15 is 0 Å². The molecule has 1 aromatic heterocycles. The maximum atomic E-state index is 12.7. The molecule has 0 radical (unpaired) electrons. The second-order valence-electron chi connectivity index (χ2n) is 9.63. The summed E-state index contributed by atoms with van der Waals surface area (Å²) in [5.41, 5.74) is 2.91. The van der Waals surface area contributed by atoms with Gasteiger partial charge in [-0.15, -0.1) is 5.10 Å². The van der Waals surface area contributed by atoms with Crippen molar-refractivity contribution in [2.24, 2.45) is 5.92 Å². The van der Waals surface area contributed by atoms with Crippen molar-refractivity contribution in [3.8, 4) is 5.75 Å². The number of benzene rings is 3. The van der Waals surface area contributed by atoms with Gasteiger partial charge in [0.25, 0.3) is 15.9 Å². The molecule has 0 atom stereocenters. The molecule has 1 aliphatic carbocycles. The Morgan fingerprint density at radius 3 is 2.54 bits per heavy atom. The third-order valence-electron chi connectivity index (χ3n) is 6.90. The number of rotatable bonds is 9. The van der Waals surface area contributed by atoms with Crippen LogP contribution in [0.1, 0.15) is 48.0 Å². The predicted octanol–water partition coefficient (Wildman–Crippen LogP) is 4.13. The van der Waals surface area contributed by atoms with E-state index in [4.69, 9.17) is 4.74 Å². The van der Waals surface area contributed by atoms with E-state index in [0.29, 0.717) is 34.9 Å². The third kappa shape index (κ3) is 6.09. The number of amides is 2. The number of carbonyl (C=O) groups is 2. The number of anilines is 1. The summed E-state index contributed by atoms with van der Waals surface area (Å²) in [5.74, 6) is 0.0827. The molecule has 3 aromatic carbocycles. The molecule has 0 saturated heterocycles. The van der Waals surface area contributed by atoms with Crippen molar-refractivity contribution in [3.05, 3.63) is 77.9 Å². The van der Waals surface area contributed by atoms with Gasteiger partial charge in [-0.3, -0.25) is 9.59 Å². The van der Waals surface area contributed by atoms with E-state index < -0.39 is 15.9 Å². The molecule has 0 unspecified atom stereocenters. The van der Waals surface area contributed by atoms with Gasteiger partial charge in [0.2, 0.25) is 5.91 Å². The second-order valence-corrected chi connectivity index (χ2v) is 11.3. The van der Waals surface area contributed by atoms with Gasteiger partial charge in [0.1, 0.15) is 11.3 Å². The smallest absolute Gasteiger partial charge is 0.265 e. The molecular formula is C28H29N5O5S. The highest BCUT2D eigenvalue weighted by Crippen LogP contribution is 2.28. The van der Waals surface area contributed by atoms with Crippen LogP contribution in [0.15, 0.2) is 71.6 Å². The van der Waals surface area contributed by atoms with Crippen LogP contribution in [0.25, 0.3) is 11.0 Å². The Morgan fingerprint density at radius 2 is 1.79 bits per heavy atom. The number of nitrogens with one attached hydrogen (secondary N) is 2. The Balaban J connectivity index is 1.32. The zero-order valence-electron chi connectivity index (χ0n) is 21.5. The number of hydrogen-bond donors (Lipinski definition) is 2. The van der Waals surface area contributed by atoms with Crippen LogP contribution in [-0.2, 0) is 21.4 Å². The highest BCUT2D eigenvalue weighted by Gasteiger charge is 2.21. The Kier molecular flexibility index (Phi) is 7.60. The van der Waals surface area contributed by atoms with Gasteiger partial charge in [0.15, 0.2) is 0 Å². The molecule has 11 heteroatoms. The van der Waals surface area contributed by atoms with Gasteiger partial charge in [-0.05, 0) is 61.2 Å². The summed E-state index contributed by atoms with van der Waals surface area (Å²) in [5, 5.41) is 11.5. The summed E-state index contributed by atoms with van der Waals surface area (Å²) in [4.78, 5) is 25.2. The Hall–Kier alpha value is -4.25. The molecule has 1 aliphatic rings. The van der Waals surface area contributed by atoms with Gasteiger partial charge < -0.3 is 10.1 Å². The summed E-state index contributed by atoms with van der Waals surface area (Å²) < 4.78 is 34.4. The van der Waals surface area contributed by atoms with Crippen LogP contribution < -0.4 is 14.8 Å². The van der Waals surface area contributed by atoms with Crippen LogP contribution in [0.5, 0.6) is 5.75 Å². The monoisotopic (exact) mass is 547 g/mol. The van der Waals surface area contributed by atoms with E-state index in [1.54, 1.807) is 28.9 Å². The van der Waals surface area contributed by atoms with Gasteiger partial charge >= 0.3 is 0 Å². The first kappa shape index (κ1) is 26.4. The quantitative estimate of drug-likeness (QED) is 0.322. The standard InChI is InChI=1S/C28H29N5O5S/c1-38-26-16-20(28(35)31-39(36,37)23-9-3-2-4-10-23)11-12-21(26)18-33-25-17-22(13-14-24(25)30-32-33)29-27(34)15-19-7-5-6-8-19/h2-4,9-14,16-17,19H,5-8,15,18H2,1H3,(H,29,34)(H,31,35). The molecule has 0 bridgehead atoms. The second kappa shape index (κ2) is 11.2. The molecule has 2 amide bonds. The highest BCUT2D eigenvalue weighted by atomic mass is 32.2. The zero-order chi connectivity index (χ0) is 27.4. The SMILES string of the molecule is COc1cc(C(=O)NS(=O)(=O)c2ccccc2)ccc1Cn1nnc2ccc(NC(=O)CC3CCCC3)cc21. The fraction of sp³-hybridized carbons (Fsp3) is 0.286. The average Bonchev–Trinajstić information content (AvgIpc) is 3.59. The molecular weight excluding hydrogens is 518 g/mol. The molecule has 0 spiro atoms. The van der Waals surface area contributed by atoms with Crippen LogP contribution in [0, 0.1) is 5.92 Å². The lowest BCUT2D eigenvalue weighted by Crippen LogP contribution is -2.30. The van der Waals surface area contributed by atoms with Crippen molar-refractivity contribution in [1.29, 1.82) is 0 Å². The summed E-state index contributed by atoms with van der Waals surface area (Å²) in [6, 6.07) is 17.8. The fourth-order valence-electron chi connectivity index (χ4n) is 4.87.